The van der Waals surface area contributed by atoms with E-state index in [0.717, 1.165) is 16.9 Å². The smallest absolute Gasteiger partial charge is 0.341 e. The number of carbonyl (C=O) groups excluding carboxylic acids is 2. The first-order valence-electron chi connectivity index (χ1n) is 10.3. The highest BCUT2D eigenvalue weighted by molar-refractivity contribution is 6.08. The average molecular weight is 421 g/mol. The Morgan fingerprint density at radius 2 is 1.42 bits per heavy atom. The predicted molar refractivity (Wildman–Crippen MR) is 119 cm³/mol. The van der Waals surface area contributed by atoms with Crippen LogP contribution in [0.4, 0.5) is 0 Å². The maximum Gasteiger partial charge on any atom is 0.341 e. The number of rotatable bonds is 8. The summed E-state index contributed by atoms with van der Waals surface area (Å²) in [5.41, 5.74) is 3.58. The molecule has 0 aliphatic carbocycles. The minimum absolute atomic E-state index is 0.206. The van der Waals surface area contributed by atoms with Gasteiger partial charge in [0.2, 0.25) is 0 Å². The van der Waals surface area contributed by atoms with Crippen LogP contribution in [0.5, 0.6) is 5.75 Å². The first-order chi connectivity index (χ1) is 15.0. The van der Waals surface area contributed by atoms with Crippen molar-refractivity contribution in [2.45, 2.75) is 27.3 Å². The lowest BCUT2D eigenvalue weighted by molar-refractivity contribution is 0.0480. The minimum atomic E-state index is -0.541. The molecule has 0 N–H and O–H groups in total. The zero-order chi connectivity index (χ0) is 22.4. The van der Waals surface area contributed by atoms with Crippen LogP contribution >= 0.6 is 0 Å². The van der Waals surface area contributed by atoms with Crippen molar-refractivity contribution in [2.75, 3.05) is 20.3 Å². The first-order valence-corrected chi connectivity index (χ1v) is 10.3. The molecule has 0 aliphatic rings. The molecule has 6 heteroatoms. The summed E-state index contributed by atoms with van der Waals surface area (Å²) in [6.45, 7) is 6.19. The molecule has 0 saturated carbocycles. The summed E-state index contributed by atoms with van der Waals surface area (Å²) >= 11 is 0. The van der Waals surface area contributed by atoms with Gasteiger partial charge in [0.15, 0.2) is 0 Å². The molecule has 3 rings (SSSR count). The van der Waals surface area contributed by atoms with Gasteiger partial charge >= 0.3 is 11.9 Å². The van der Waals surface area contributed by atoms with E-state index in [4.69, 9.17) is 14.2 Å². The van der Waals surface area contributed by atoms with Crippen molar-refractivity contribution in [3.05, 3.63) is 77.0 Å². The molecule has 2 aromatic carbocycles. The lowest BCUT2D eigenvalue weighted by Gasteiger charge is -2.14. The summed E-state index contributed by atoms with van der Waals surface area (Å²) in [6.07, 6.45) is 0. The van der Waals surface area contributed by atoms with Crippen LogP contribution in [0.15, 0.2) is 54.6 Å². The van der Waals surface area contributed by atoms with E-state index in [1.807, 2.05) is 66.1 Å². The number of ether oxygens (including phenoxy) is 3. The summed E-state index contributed by atoms with van der Waals surface area (Å²) in [7, 11) is 1.62. The third kappa shape index (κ3) is 4.63. The second-order valence-corrected chi connectivity index (χ2v) is 6.93. The molecule has 1 heterocycles. The Morgan fingerprint density at radius 3 is 1.97 bits per heavy atom. The van der Waals surface area contributed by atoms with E-state index in [-0.39, 0.29) is 24.3 Å². The Kier molecular flexibility index (Phi) is 7.13. The van der Waals surface area contributed by atoms with Crippen molar-refractivity contribution in [2.24, 2.45) is 0 Å². The molecular formula is C25H27NO5. The fourth-order valence-corrected chi connectivity index (χ4v) is 3.60. The standard InChI is InChI=1S/C25H27NO5/c1-5-30-24(27)21-17(3)26(16-18-12-14-20(29-4)15-13-18)23(19-10-8-7-9-11-19)22(21)25(28)31-6-2/h7-15H,5-6,16H2,1-4H3. The monoisotopic (exact) mass is 421 g/mol. The maximum absolute atomic E-state index is 13.0. The van der Waals surface area contributed by atoms with E-state index in [9.17, 15) is 9.59 Å². The number of aromatic nitrogens is 1. The van der Waals surface area contributed by atoms with Crippen molar-refractivity contribution in [3.63, 3.8) is 0 Å². The predicted octanol–water partition coefficient (Wildman–Crippen LogP) is 4.87. The van der Waals surface area contributed by atoms with Gasteiger partial charge < -0.3 is 18.8 Å². The number of carbonyl (C=O) groups is 2. The summed E-state index contributed by atoms with van der Waals surface area (Å²) in [5, 5.41) is 0. The topological polar surface area (TPSA) is 66.8 Å². The molecule has 0 fully saturated rings. The van der Waals surface area contributed by atoms with Crippen LogP contribution in [0.2, 0.25) is 0 Å². The van der Waals surface area contributed by atoms with Gasteiger partial charge in [0.05, 0.1) is 31.6 Å². The van der Waals surface area contributed by atoms with Gasteiger partial charge in [-0.1, -0.05) is 42.5 Å². The van der Waals surface area contributed by atoms with Gasteiger partial charge in [0.25, 0.3) is 0 Å². The second kappa shape index (κ2) is 9.98. The Hall–Kier alpha value is -3.54. The molecule has 3 aromatic rings. The Labute approximate surface area is 182 Å². The largest absolute Gasteiger partial charge is 0.497 e. The average Bonchev–Trinajstić information content (AvgIpc) is 3.07. The van der Waals surface area contributed by atoms with Crippen LogP contribution in [-0.2, 0) is 16.0 Å². The Bertz CT molecular complexity index is 1050. The lowest BCUT2D eigenvalue weighted by Crippen LogP contribution is -2.13. The van der Waals surface area contributed by atoms with Crippen LogP contribution in [0, 0.1) is 6.92 Å². The van der Waals surface area contributed by atoms with Crippen LogP contribution in [-0.4, -0.2) is 36.8 Å². The number of benzene rings is 2. The summed E-state index contributed by atoms with van der Waals surface area (Å²) < 4.78 is 17.8. The van der Waals surface area contributed by atoms with Gasteiger partial charge in [-0.3, -0.25) is 0 Å². The zero-order valence-electron chi connectivity index (χ0n) is 18.3. The number of methoxy groups -OCH3 is 1. The summed E-state index contributed by atoms with van der Waals surface area (Å²) in [4.78, 5) is 25.9. The van der Waals surface area contributed by atoms with Crippen LogP contribution in [0.3, 0.4) is 0 Å². The van der Waals surface area contributed by atoms with Crippen LogP contribution in [0.25, 0.3) is 11.3 Å². The molecule has 0 aliphatic heterocycles. The molecule has 0 radical (unpaired) electrons. The molecule has 162 valence electrons. The molecule has 0 saturated heterocycles. The van der Waals surface area contributed by atoms with E-state index < -0.39 is 11.9 Å². The summed E-state index contributed by atoms with van der Waals surface area (Å²) in [5.74, 6) is -0.314. The third-order valence-corrected chi connectivity index (χ3v) is 5.03. The molecule has 1 aromatic heterocycles. The molecule has 0 unspecified atom stereocenters. The van der Waals surface area contributed by atoms with E-state index in [1.165, 1.54) is 0 Å². The van der Waals surface area contributed by atoms with E-state index in [2.05, 4.69) is 0 Å². The maximum atomic E-state index is 13.0. The van der Waals surface area contributed by atoms with Crippen molar-refractivity contribution in [3.8, 4) is 17.0 Å². The molecule has 0 spiro atoms. The van der Waals surface area contributed by atoms with Gasteiger partial charge in [-0.15, -0.1) is 0 Å². The lowest BCUT2D eigenvalue weighted by atomic mass is 10.0. The number of hydrogen-bond donors (Lipinski definition) is 0. The highest BCUT2D eigenvalue weighted by atomic mass is 16.5. The fourth-order valence-electron chi connectivity index (χ4n) is 3.60. The van der Waals surface area contributed by atoms with E-state index in [1.54, 1.807) is 21.0 Å². The number of esters is 2. The molecule has 6 nitrogen and oxygen atoms in total. The number of nitrogens with zero attached hydrogens (tertiary/aromatic N) is 1. The molecule has 0 amide bonds. The minimum Gasteiger partial charge on any atom is -0.497 e. The third-order valence-electron chi connectivity index (χ3n) is 5.03. The van der Waals surface area contributed by atoms with Crippen LogP contribution < -0.4 is 4.74 Å². The Balaban J connectivity index is 2.25. The quantitative estimate of drug-likeness (QED) is 0.485. The van der Waals surface area contributed by atoms with E-state index in [0.29, 0.717) is 17.9 Å². The molecule has 0 atom stereocenters. The normalized spacial score (nSPS) is 10.6. The van der Waals surface area contributed by atoms with E-state index >= 15 is 0 Å². The number of hydrogen-bond acceptors (Lipinski definition) is 5. The van der Waals surface area contributed by atoms with Gasteiger partial charge in [-0.25, -0.2) is 9.59 Å². The van der Waals surface area contributed by atoms with Gasteiger partial charge in [-0.2, -0.15) is 0 Å². The summed E-state index contributed by atoms with van der Waals surface area (Å²) in [6, 6.07) is 17.2. The zero-order valence-corrected chi connectivity index (χ0v) is 18.3. The Morgan fingerprint density at radius 1 is 0.839 bits per heavy atom. The van der Waals surface area contributed by atoms with Crippen molar-refractivity contribution >= 4 is 11.9 Å². The SMILES string of the molecule is CCOC(=O)c1c(C(=O)OCC)c(-c2ccccc2)n(Cc2ccc(OC)cc2)c1C. The highest BCUT2D eigenvalue weighted by Gasteiger charge is 2.31. The molecule has 0 bridgehead atoms. The van der Waals surface area contributed by atoms with Crippen molar-refractivity contribution in [1.82, 2.24) is 4.57 Å². The fraction of sp³-hybridized carbons (Fsp3) is 0.280. The molecule has 31 heavy (non-hydrogen) atoms. The van der Waals surface area contributed by atoms with Gasteiger partial charge in [0, 0.05) is 12.2 Å². The molecular weight excluding hydrogens is 394 g/mol. The first kappa shape index (κ1) is 22.2. The highest BCUT2D eigenvalue weighted by Crippen LogP contribution is 2.34. The second-order valence-electron chi connectivity index (χ2n) is 6.93. The van der Waals surface area contributed by atoms with Crippen molar-refractivity contribution < 1.29 is 23.8 Å². The van der Waals surface area contributed by atoms with Crippen LogP contribution in [0.1, 0.15) is 45.8 Å². The van der Waals surface area contributed by atoms with Gasteiger partial charge in [-0.05, 0) is 44.0 Å². The van der Waals surface area contributed by atoms with Gasteiger partial charge in [0.1, 0.15) is 11.3 Å². The van der Waals surface area contributed by atoms with Crippen molar-refractivity contribution in [1.29, 1.82) is 0 Å².